The van der Waals surface area contributed by atoms with Gasteiger partial charge in [-0.05, 0) is 31.2 Å². The zero-order valence-electron chi connectivity index (χ0n) is 15.8. The molecule has 0 bridgehead atoms. The van der Waals surface area contributed by atoms with E-state index in [1.807, 2.05) is 11.3 Å². The number of hydrogen-bond acceptors (Lipinski definition) is 4. The topological polar surface area (TPSA) is 48.9 Å². The van der Waals surface area contributed by atoms with Crippen LogP contribution >= 0.6 is 35.3 Å². The van der Waals surface area contributed by atoms with Gasteiger partial charge >= 0.3 is 0 Å². The number of nitrogens with zero attached hydrogens (tertiary/aromatic N) is 2. The normalized spacial score (nSPS) is 21.0. The first-order chi connectivity index (χ1) is 12.4. The summed E-state index contributed by atoms with van der Waals surface area (Å²) in [5, 5.41) is 9.26. The van der Waals surface area contributed by atoms with Crippen LogP contribution in [0.3, 0.4) is 0 Å². The number of ether oxygens (including phenoxy) is 1. The van der Waals surface area contributed by atoms with Gasteiger partial charge in [0, 0.05) is 30.6 Å². The first-order valence-electron chi connectivity index (χ1n) is 9.77. The molecule has 0 amide bonds. The summed E-state index contributed by atoms with van der Waals surface area (Å²) < 4.78 is 5.53. The number of nitrogens with one attached hydrogen (secondary N) is 2. The van der Waals surface area contributed by atoms with Crippen molar-refractivity contribution in [3.8, 4) is 0 Å². The van der Waals surface area contributed by atoms with Gasteiger partial charge in [-0.1, -0.05) is 25.3 Å². The molecule has 148 valence electrons. The molecule has 1 aliphatic heterocycles. The van der Waals surface area contributed by atoms with Crippen LogP contribution in [0.2, 0.25) is 0 Å². The van der Waals surface area contributed by atoms with Gasteiger partial charge in [-0.2, -0.15) is 0 Å². The number of thiophene rings is 1. The van der Waals surface area contributed by atoms with Crippen molar-refractivity contribution >= 4 is 41.3 Å². The molecule has 3 rings (SSSR count). The van der Waals surface area contributed by atoms with Gasteiger partial charge in [0.05, 0.1) is 25.8 Å². The maximum absolute atomic E-state index is 5.53. The molecule has 0 radical (unpaired) electrons. The Morgan fingerprint density at radius 2 is 2.08 bits per heavy atom. The summed E-state index contributed by atoms with van der Waals surface area (Å²) >= 11 is 1.83. The van der Waals surface area contributed by atoms with Crippen molar-refractivity contribution in [3.63, 3.8) is 0 Å². The fraction of sp³-hybridized carbons (Fsp3) is 0.737. The van der Waals surface area contributed by atoms with Gasteiger partial charge in [-0.3, -0.25) is 9.89 Å². The van der Waals surface area contributed by atoms with Crippen LogP contribution in [0, 0.1) is 0 Å². The minimum Gasteiger partial charge on any atom is -0.379 e. The lowest BCUT2D eigenvalue weighted by molar-refractivity contribution is 0.0186. The molecule has 2 N–H and O–H groups in total. The largest absolute Gasteiger partial charge is 0.379 e. The minimum absolute atomic E-state index is 0. The third kappa shape index (κ3) is 6.65. The summed E-state index contributed by atoms with van der Waals surface area (Å²) in [4.78, 5) is 8.88. The van der Waals surface area contributed by atoms with Crippen LogP contribution in [-0.4, -0.2) is 56.3 Å². The lowest BCUT2D eigenvalue weighted by Gasteiger charge is -2.33. The molecule has 7 heteroatoms. The first-order valence-corrected chi connectivity index (χ1v) is 10.6. The molecular weight excluding hydrogens is 459 g/mol. The van der Waals surface area contributed by atoms with E-state index in [1.54, 1.807) is 0 Å². The van der Waals surface area contributed by atoms with Crippen molar-refractivity contribution in [1.82, 2.24) is 15.5 Å². The smallest absolute Gasteiger partial charge is 0.191 e. The Balaban J connectivity index is 0.00000243. The monoisotopic (exact) mass is 492 g/mol. The molecule has 1 saturated carbocycles. The van der Waals surface area contributed by atoms with Crippen LogP contribution in [0.5, 0.6) is 0 Å². The van der Waals surface area contributed by atoms with Gasteiger partial charge in [0.25, 0.3) is 0 Å². The predicted octanol–water partition coefficient (Wildman–Crippen LogP) is 3.63. The van der Waals surface area contributed by atoms with E-state index < -0.39 is 0 Å². The van der Waals surface area contributed by atoms with Crippen LogP contribution in [0.1, 0.15) is 49.9 Å². The number of hydrogen-bond donors (Lipinski definition) is 2. The third-order valence-corrected chi connectivity index (χ3v) is 6.04. The third-order valence-electron chi connectivity index (χ3n) is 5.07. The molecule has 1 aromatic heterocycles. The van der Waals surface area contributed by atoms with Crippen LogP contribution in [0.15, 0.2) is 22.5 Å². The van der Waals surface area contributed by atoms with Crippen molar-refractivity contribution in [2.24, 2.45) is 4.99 Å². The molecule has 1 aromatic rings. The number of aliphatic imine (C=N–C) groups is 1. The van der Waals surface area contributed by atoms with E-state index in [0.29, 0.717) is 12.1 Å². The zero-order valence-corrected chi connectivity index (χ0v) is 18.9. The van der Waals surface area contributed by atoms with Crippen molar-refractivity contribution in [2.75, 3.05) is 39.4 Å². The Bertz CT molecular complexity index is 514. The molecule has 26 heavy (non-hydrogen) atoms. The van der Waals surface area contributed by atoms with Crippen LogP contribution in [-0.2, 0) is 4.74 Å². The van der Waals surface area contributed by atoms with E-state index in [9.17, 15) is 0 Å². The Morgan fingerprint density at radius 1 is 1.31 bits per heavy atom. The van der Waals surface area contributed by atoms with E-state index in [4.69, 9.17) is 9.73 Å². The fourth-order valence-corrected chi connectivity index (χ4v) is 4.55. The van der Waals surface area contributed by atoms with Crippen molar-refractivity contribution in [1.29, 1.82) is 0 Å². The van der Waals surface area contributed by atoms with Gasteiger partial charge in [-0.25, -0.2) is 0 Å². The van der Waals surface area contributed by atoms with Crippen LogP contribution in [0.4, 0.5) is 0 Å². The second kappa shape index (κ2) is 12.2. The Labute approximate surface area is 179 Å². The van der Waals surface area contributed by atoms with E-state index in [-0.39, 0.29) is 24.0 Å². The molecule has 1 atom stereocenters. The van der Waals surface area contributed by atoms with Gasteiger partial charge in [0.15, 0.2) is 5.96 Å². The highest BCUT2D eigenvalue weighted by molar-refractivity contribution is 14.0. The lowest BCUT2D eigenvalue weighted by Crippen LogP contribution is -2.45. The number of halogens is 1. The molecule has 5 nitrogen and oxygen atoms in total. The summed E-state index contributed by atoms with van der Waals surface area (Å²) in [5.74, 6) is 0.976. The van der Waals surface area contributed by atoms with Crippen LogP contribution in [0.25, 0.3) is 0 Å². The van der Waals surface area contributed by atoms with E-state index in [1.165, 1.54) is 37.0 Å². The highest BCUT2D eigenvalue weighted by Crippen LogP contribution is 2.26. The lowest BCUT2D eigenvalue weighted by atomic mass is 9.96. The maximum atomic E-state index is 5.53. The molecular formula is C19H33IN4OS. The Morgan fingerprint density at radius 3 is 2.73 bits per heavy atom. The number of morpholine rings is 1. The minimum atomic E-state index is 0. The number of guanidine groups is 1. The molecule has 1 aliphatic carbocycles. The van der Waals surface area contributed by atoms with E-state index in [0.717, 1.165) is 45.4 Å². The molecule has 2 aliphatic rings. The second-order valence-corrected chi connectivity index (χ2v) is 7.86. The standard InChI is InChI=1S/C19H32N4OS.HI/c1-2-20-19(22-16-7-4-3-5-8-16)21-15-17(18-9-6-14-25-18)23-10-12-24-13-11-23;/h6,9,14,16-17H,2-5,7-8,10-13,15H2,1H3,(H2,20,21,22);1H. The summed E-state index contributed by atoms with van der Waals surface area (Å²) in [5.41, 5.74) is 0. The van der Waals surface area contributed by atoms with Crippen molar-refractivity contribution in [2.45, 2.75) is 51.1 Å². The molecule has 2 fully saturated rings. The molecule has 0 aromatic carbocycles. The van der Waals surface area contributed by atoms with Gasteiger partial charge in [-0.15, -0.1) is 35.3 Å². The fourth-order valence-electron chi connectivity index (χ4n) is 3.69. The summed E-state index contributed by atoms with van der Waals surface area (Å²) in [6.07, 6.45) is 6.58. The first kappa shape index (κ1) is 21.9. The highest BCUT2D eigenvalue weighted by Gasteiger charge is 2.23. The Hall–Kier alpha value is -0.380. The van der Waals surface area contributed by atoms with Crippen molar-refractivity contribution < 1.29 is 4.74 Å². The summed E-state index contributed by atoms with van der Waals surface area (Å²) in [7, 11) is 0. The van der Waals surface area contributed by atoms with Crippen LogP contribution < -0.4 is 10.6 Å². The quantitative estimate of drug-likeness (QED) is 0.362. The SMILES string of the molecule is CCNC(=NCC(c1cccs1)N1CCOCC1)NC1CCCCC1.I. The van der Waals surface area contributed by atoms with Gasteiger partial charge in [0.1, 0.15) is 0 Å². The summed E-state index contributed by atoms with van der Waals surface area (Å²) in [6, 6.07) is 5.31. The molecule has 2 heterocycles. The Kier molecular flexibility index (Phi) is 10.2. The maximum Gasteiger partial charge on any atom is 0.191 e. The molecule has 0 spiro atoms. The zero-order chi connectivity index (χ0) is 17.3. The second-order valence-electron chi connectivity index (χ2n) is 6.88. The van der Waals surface area contributed by atoms with Gasteiger partial charge < -0.3 is 15.4 Å². The van der Waals surface area contributed by atoms with Crippen molar-refractivity contribution in [3.05, 3.63) is 22.4 Å². The average molecular weight is 492 g/mol. The molecule has 1 unspecified atom stereocenters. The average Bonchev–Trinajstić information content (AvgIpc) is 3.18. The van der Waals surface area contributed by atoms with E-state index >= 15 is 0 Å². The molecule has 1 saturated heterocycles. The summed E-state index contributed by atoms with van der Waals surface area (Å²) in [6.45, 7) is 7.46. The highest BCUT2D eigenvalue weighted by atomic mass is 127. The van der Waals surface area contributed by atoms with E-state index in [2.05, 4.69) is 40.0 Å². The van der Waals surface area contributed by atoms with Gasteiger partial charge in [0.2, 0.25) is 0 Å². The predicted molar refractivity (Wildman–Crippen MR) is 121 cm³/mol. The number of rotatable bonds is 6.